The summed E-state index contributed by atoms with van der Waals surface area (Å²) < 4.78 is 27.1. The number of hydrogen-bond donors (Lipinski definition) is 0. The average molecular weight is 254 g/mol. The van der Waals surface area contributed by atoms with E-state index in [0.717, 1.165) is 5.75 Å². The van der Waals surface area contributed by atoms with Crippen LogP contribution in [0.25, 0.3) is 0 Å². The molecule has 0 unspecified atom stereocenters. The van der Waals surface area contributed by atoms with Crippen LogP contribution in [-0.2, 0) is 9.47 Å². The Bertz CT molecular complexity index is 366. The van der Waals surface area contributed by atoms with Crippen molar-refractivity contribution in [2.45, 2.75) is 0 Å². The van der Waals surface area contributed by atoms with Gasteiger partial charge < -0.3 is 23.7 Å². The summed E-state index contributed by atoms with van der Waals surface area (Å²) in [6, 6.07) is 5.48. The summed E-state index contributed by atoms with van der Waals surface area (Å²) in [7, 11) is 1.62. The topological polar surface area (TPSA) is 46.2 Å². The smallest absolute Gasteiger partial charge is 0.164 e. The van der Waals surface area contributed by atoms with Gasteiger partial charge in [-0.2, -0.15) is 0 Å². The molecule has 1 heterocycles. The van der Waals surface area contributed by atoms with Crippen molar-refractivity contribution in [1.29, 1.82) is 0 Å². The molecule has 0 fully saturated rings. The lowest BCUT2D eigenvalue weighted by Crippen LogP contribution is -2.15. The first-order valence-electron chi connectivity index (χ1n) is 5.99. The van der Waals surface area contributed by atoms with Crippen LogP contribution in [0, 0.1) is 0 Å². The van der Waals surface area contributed by atoms with Gasteiger partial charge >= 0.3 is 0 Å². The van der Waals surface area contributed by atoms with E-state index in [-0.39, 0.29) is 0 Å². The predicted octanol–water partition coefficient (Wildman–Crippen LogP) is 1.50. The SMILES string of the molecule is COc1ccc2c(c1)OCCOCCOCCO2. The molecule has 0 spiro atoms. The average Bonchev–Trinajstić information content (AvgIpc) is 2.39. The van der Waals surface area contributed by atoms with Crippen molar-refractivity contribution < 1.29 is 23.7 Å². The molecule has 5 heteroatoms. The van der Waals surface area contributed by atoms with Gasteiger partial charge in [-0.1, -0.05) is 0 Å². The number of ether oxygens (including phenoxy) is 5. The minimum atomic E-state index is 0.476. The van der Waals surface area contributed by atoms with Crippen LogP contribution in [0.1, 0.15) is 0 Å². The third kappa shape index (κ3) is 3.78. The van der Waals surface area contributed by atoms with Gasteiger partial charge in [-0.3, -0.25) is 0 Å². The highest BCUT2D eigenvalue weighted by molar-refractivity contribution is 5.45. The fraction of sp³-hybridized carbons (Fsp3) is 0.538. The normalized spacial score (nSPS) is 17.4. The highest BCUT2D eigenvalue weighted by Crippen LogP contribution is 2.31. The molecule has 0 atom stereocenters. The molecule has 18 heavy (non-hydrogen) atoms. The summed E-state index contributed by atoms with van der Waals surface area (Å²) in [5.74, 6) is 2.10. The van der Waals surface area contributed by atoms with Gasteiger partial charge in [-0.25, -0.2) is 0 Å². The maximum absolute atomic E-state index is 5.63. The summed E-state index contributed by atoms with van der Waals surface area (Å²) in [6.45, 7) is 3.19. The van der Waals surface area contributed by atoms with Crippen LogP contribution in [0.4, 0.5) is 0 Å². The fourth-order valence-corrected chi connectivity index (χ4v) is 1.59. The maximum Gasteiger partial charge on any atom is 0.164 e. The summed E-state index contributed by atoms with van der Waals surface area (Å²) in [5.41, 5.74) is 0. The van der Waals surface area contributed by atoms with Crippen LogP contribution in [0.3, 0.4) is 0 Å². The minimum absolute atomic E-state index is 0.476. The molecule has 1 aliphatic heterocycles. The molecular formula is C13H18O5. The zero-order valence-corrected chi connectivity index (χ0v) is 10.5. The van der Waals surface area contributed by atoms with E-state index >= 15 is 0 Å². The molecule has 1 aliphatic rings. The van der Waals surface area contributed by atoms with Crippen molar-refractivity contribution in [3.63, 3.8) is 0 Å². The predicted molar refractivity (Wildman–Crippen MR) is 65.6 cm³/mol. The highest BCUT2D eigenvalue weighted by Gasteiger charge is 2.08. The summed E-state index contributed by atoms with van der Waals surface area (Å²) in [5, 5.41) is 0. The maximum atomic E-state index is 5.63. The van der Waals surface area contributed by atoms with Crippen LogP contribution >= 0.6 is 0 Å². The quantitative estimate of drug-likeness (QED) is 0.760. The lowest BCUT2D eigenvalue weighted by atomic mass is 10.3. The van der Waals surface area contributed by atoms with Crippen molar-refractivity contribution in [3.8, 4) is 17.2 Å². The number of benzene rings is 1. The van der Waals surface area contributed by atoms with E-state index in [9.17, 15) is 0 Å². The highest BCUT2D eigenvalue weighted by atomic mass is 16.6. The standard InChI is InChI=1S/C13H18O5/c1-14-11-2-3-12-13(10-11)18-9-7-16-5-4-15-6-8-17-12/h2-3,10H,4-9H2,1H3. The second-order valence-corrected chi connectivity index (χ2v) is 3.73. The molecule has 100 valence electrons. The van der Waals surface area contributed by atoms with Gasteiger partial charge in [0.25, 0.3) is 0 Å². The Morgan fingerprint density at radius 2 is 1.44 bits per heavy atom. The van der Waals surface area contributed by atoms with E-state index in [1.54, 1.807) is 7.11 Å². The zero-order valence-electron chi connectivity index (χ0n) is 10.5. The molecular weight excluding hydrogens is 236 g/mol. The Kier molecular flexibility index (Phi) is 5.11. The Morgan fingerprint density at radius 1 is 0.833 bits per heavy atom. The summed E-state index contributed by atoms with van der Waals surface area (Å²) >= 11 is 0. The van der Waals surface area contributed by atoms with Gasteiger partial charge in [0.1, 0.15) is 19.0 Å². The lowest BCUT2D eigenvalue weighted by molar-refractivity contribution is 0.0223. The van der Waals surface area contributed by atoms with Crippen molar-refractivity contribution in [2.75, 3.05) is 46.8 Å². The van der Waals surface area contributed by atoms with Crippen molar-refractivity contribution >= 4 is 0 Å². The Morgan fingerprint density at radius 3 is 2.11 bits per heavy atom. The molecule has 0 radical (unpaired) electrons. The Balaban J connectivity index is 2.07. The minimum Gasteiger partial charge on any atom is -0.497 e. The van der Waals surface area contributed by atoms with Crippen LogP contribution in [0.15, 0.2) is 18.2 Å². The van der Waals surface area contributed by atoms with Gasteiger partial charge in [0.2, 0.25) is 0 Å². The molecule has 0 saturated heterocycles. The first kappa shape index (κ1) is 13.0. The fourth-order valence-electron chi connectivity index (χ4n) is 1.59. The van der Waals surface area contributed by atoms with Gasteiger partial charge in [0.05, 0.1) is 33.5 Å². The third-order valence-corrected chi connectivity index (χ3v) is 2.49. The van der Waals surface area contributed by atoms with Gasteiger partial charge in [-0.05, 0) is 12.1 Å². The summed E-state index contributed by atoms with van der Waals surface area (Å²) in [4.78, 5) is 0. The van der Waals surface area contributed by atoms with E-state index in [2.05, 4.69) is 0 Å². The van der Waals surface area contributed by atoms with E-state index in [1.165, 1.54) is 0 Å². The number of methoxy groups -OCH3 is 1. The largest absolute Gasteiger partial charge is 0.497 e. The lowest BCUT2D eigenvalue weighted by Gasteiger charge is -2.15. The summed E-state index contributed by atoms with van der Waals surface area (Å²) in [6.07, 6.45) is 0. The van der Waals surface area contributed by atoms with Crippen molar-refractivity contribution in [2.24, 2.45) is 0 Å². The second kappa shape index (κ2) is 7.08. The van der Waals surface area contributed by atoms with Crippen LogP contribution in [0.5, 0.6) is 17.2 Å². The molecule has 0 amide bonds. The first-order valence-corrected chi connectivity index (χ1v) is 5.99. The molecule has 0 N–H and O–H groups in total. The molecule has 1 aromatic rings. The molecule has 0 saturated carbocycles. The van der Waals surface area contributed by atoms with Crippen LogP contribution in [-0.4, -0.2) is 46.8 Å². The van der Waals surface area contributed by atoms with Gasteiger partial charge in [0, 0.05) is 6.07 Å². The van der Waals surface area contributed by atoms with Crippen molar-refractivity contribution in [3.05, 3.63) is 18.2 Å². The molecule has 1 aromatic carbocycles. The molecule has 0 bridgehead atoms. The zero-order chi connectivity index (χ0) is 12.6. The van der Waals surface area contributed by atoms with E-state index in [1.807, 2.05) is 18.2 Å². The van der Waals surface area contributed by atoms with Gasteiger partial charge in [-0.15, -0.1) is 0 Å². The monoisotopic (exact) mass is 254 g/mol. The molecule has 2 rings (SSSR count). The van der Waals surface area contributed by atoms with E-state index in [4.69, 9.17) is 23.7 Å². The van der Waals surface area contributed by atoms with E-state index < -0.39 is 0 Å². The Labute approximate surface area is 107 Å². The molecule has 0 aliphatic carbocycles. The number of rotatable bonds is 1. The van der Waals surface area contributed by atoms with Crippen LogP contribution < -0.4 is 14.2 Å². The molecule has 0 aromatic heterocycles. The number of hydrogen-bond acceptors (Lipinski definition) is 5. The Hall–Kier alpha value is -1.46. The number of fused-ring (bicyclic) bond motifs is 1. The van der Waals surface area contributed by atoms with Gasteiger partial charge in [0.15, 0.2) is 11.5 Å². The van der Waals surface area contributed by atoms with Crippen molar-refractivity contribution in [1.82, 2.24) is 0 Å². The van der Waals surface area contributed by atoms with E-state index in [0.29, 0.717) is 51.1 Å². The second-order valence-electron chi connectivity index (χ2n) is 3.73. The first-order chi connectivity index (χ1) is 8.90. The molecule has 5 nitrogen and oxygen atoms in total. The third-order valence-electron chi connectivity index (χ3n) is 2.49. The van der Waals surface area contributed by atoms with Crippen LogP contribution in [0.2, 0.25) is 0 Å².